The Morgan fingerprint density at radius 2 is 2.00 bits per heavy atom. The van der Waals surface area contributed by atoms with Gasteiger partial charge in [0.2, 0.25) is 5.91 Å². The van der Waals surface area contributed by atoms with E-state index < -0.39 is 34.3 Å². The van der Waals surface area contributed by atoms with Gasteiger partial charge >= 0.3 is 6.18 Å². The Morgan fingerprint density at radius 1 is 1.35 bits per heavy atom. The lowest BCUT2D eigenvalue weighted by atomic mass is 10.0. The summed E-state index contributed by atoms with van der Waals surface area (Å²) in [6.07, 6.45) is -4.82. The highest BCUT2D eigenvalue weighted by Crippen LogP contribution is 2.41. The molecular formula is C11H10F3N3O3. The molecule has 1 atom stereocenters. The molecule has 1 heterocycles. The summed E-state index contributed by atoms with van der Waals surface area (Å²) in [5, 5.41) is 11.5. The van der Waals surface area contributed by atoms with Crippen LogP contribution in [0.1, 0.15) is 18.0 Å². The minimum atomic E-state index is -4.75. The Bertz CT molecular complexity index is 547. The van der Waals surface area contributed by atoms with Crippen molar-refractivity contribution in [2.75, 3.05) is 6.54 Å². The standard InChI is InChI=1S/C11H10F3N3O3/c12-11(13,14)10(16-6-5-9(18)15-16)7-3-1-2-4-8(7)17(19)20/h1-4,10H,5-6H2,(H,15,18). The van der Waals surface area contributed by atoms with Gasteiger partial charge in [-0.15, -0.1) is 0 Å². The van der Waals surface area contributed by atoms with E-state index in [1.54, 1.807) is 0 Å². The summed E-state index contributed by atoms with van der Waals surface area (Å²) in [5.41, 5.74) is 0.955. The fourth-order valence-corrected chi connectivity index (χ4v) is 2.09. The van der Waals surface area contributed by atoms with Crippen molar-refractivity contribution in [3.05, 3.63) is 39.9 Å². The van der Waals surface area contributed by atoms with E-state index in [-0.39, 0.29) is 13.0 Å². The number of halogens is 3. The second kappa shape index (κ2) is 5.08. The quantitative estimate of drug-likeness (QED) is 0.681. The average Bonchev–Trinajstić information content (AvgIpc) is 2.74. The molecule has 1 aliphatic heterocycles. The van der Waals surface area contributed by atoms with E-state index >= 15 is 0 Å². The lowest BCUT2D eigenvalue weighted by molar-refractivity contribution is -0.386. The molecule has 1 N–H and O–H groups in total. The molecule has 0 radical (unpaired) electrons. The maximum absolute atomic E-state index is 13.2. The first kappa shape index (κ1) is 14.3. The first-order valence-corrected chi connectivity index (χ1v) is 5.67. The number of hydrogen-bond acceptors (Lipinski definition) is 4. The molecule has 1 aliphatic rings. The van der Waals surface area contributed by atoms with Crippen LogP contribution in [-0.2, 0) is 4.79 Å². The maximum Gasteiger partial charge on any atom is 0.410 e. The fourth-order valence-electron chi connectivity index (χ4n) is 2.09. The number of nitrogens with one attached hydrogen (secondary N) is 1. The van der Waals surface area contributed by atoms with Crippen molar-refractivity contribution in [3.8, 4) is 0 Å². The molecule has 9 heteroatoms. The molecule has 1 unspecified atom stereocenters. The van der Waals surface area contributed by atoms with Gasteiger partial charge in [0, 0.05) is 19.0 Å². The van der Waals surface area contributed by atoms with Gasteiger partial charge in [-0.25, -0.2) is 5.01 Å². The zero-order chi connectivity index (χ0) is 14.9. The highest BCUT2D eigenvalue weighted by Gasteiger charge is 2.49. The Morgan fingerprint density at radius 3 is 2.50 bits per heavy atom. The molecule has 1 aromatic carbocycles. The number of alkyl halides is 3. The Balaban J connectivity index is 2.47. The maximum atomic E-state index is 13.2. The van der Waals surface area contributed by atoms with Crippen LogP contribution in [0.3, 0.4) is 0 Å². The molecule has 1 amide bonds. The lowest BCUT2D eigenvalue weighted by Crippen LogP contribution is -2.43. The molecule has 20 heavy (non-hydrogen) atoms. The largest absolute Gasteiger partial charge is 0.410 e. The van der Waals surface area contributed by atoms with Gasteiger partial charge in [-0.2, -0.15) is 13.2 Å². The predicted octanol–water partition coefficient (Wildman–Crippen LogP) is 1.94. The minimum Gasteiger partial charge on any atom is -0.288 e. The molecule has 0 saturated carbocycles. The predicted molar refractivity (Wildman–Crippen MR) is 61.4 cm³/mol. The molecular weight excluding hydrogens is 279 g/mol. The van der Waals surface area contributed by atoms with E-state index in [2.05, 4.69) is 5.43 Å². The third-order valence-corrected chi connectivity index (χ3v) is 2.90. The van der Waals surface area contributed by atoms with Crippen LogP contribution in [0.25, 0.3) is 0 Å². The molecule has 2 rings (SSSR count). The van der Waals surface area contributed by atoms with Gasteiger partial charge < -0.3 is 0 Å². The van der Waals surface area contributed by atoms with Crippen molar-refractivity contribution < 1.29 is 22.9 Å². The number of hydrazine groups is 1. The first-order valence-electron chi connectivity index (χ1n) is 5.67. The molecule has 0 aromatic heterocycles. The summed E-state index contributed by atoms with van der Waals surface area (Å²) in [5.74, 6) is -0.544. The van der Waals surface area contributed by atoms with E-state index in [0.717, 1.165) is 12.1 Å². The van der Waals surface area contributed by atoms with Crippen LogP contribution >= 0.6 is 0 Å². The summed E-state index contributed by atoms with van der Waals surface area (Å²) in [6, 6.07) is 2.39. The van der Waals surface area contributed by atoms with Crippen LogP contribution in [0, 0.1) is 10.1 Å². The number of para-hydroxylation sites is 1. The van der Waals surface area contributed by atoms with E-state index in [9.17, 15) is 28.1 Å². The van der Waals surface area contributed by atoms with Crippen molar-refractivity contribution >= 4 is 11.6 Å². The highest BCUT2D eigenvalue weighted by atomic mass is 19.4. The van der Waals surface area contributed by atoms with Crippen molar-refractivity contribution in [1.29, 1.82) is 0 Å². The third-order valence-electron chi connectivity index (χ3n) is 2.90. The number of carbonyl (C=O) groups is 1. The molecule has 0 bridgehead atoms. The highest BCUT2D eigenvalue weighted by molar-refractivity contribution is 5.77. The number of nitro groups is 1. The topological polar surface area (TPSA) is 75.5 Å². The van der Waals surface area contributed by atoms with Crippen LogP contribution in [0.4, 0.5) is 18.9 Å². The van der Waals surface area contributed by atoms with Gasteiger partial charge in [0.25, 0.3) is 5.69 Å². The summed E-state index contributed by atoms with van der Waals surface area (Å²) in [4.78, 5) is 21.1. The van der Waals surface area contributed by atoms with Gasteiger partial charge in [-0.3, -0.25) is 20.3 Å². The zero-order valence-corrected chi connectivity index (χ0v) is 10.1. The van der Waals surface area contributed by atoms with Crippen molar-refractivity contribution in [2.24, 2.45) is 0 Å². The molecule has 1 aromatic rings. The average molecular weight is 289 g/mol. The number of hydrogen-bond donors (Lipinski definition) is 1. The van der Waals surface area contributed by atoms with E-state index in [1.807, 2.05) is 0 Å². The number of carbonyl (C=O) groups excluding carboxylic acids is 1. The van der Waals surface area contributed by atoms with Gasteiger partial charge in [0.1, 0.15) is 0 Å². The van der Waals surface area contributed by atoms with Crippen LogP contribution in [0.2, 0.25) is 0 Å². The minimum absolute atomic E-state index is 0.0762. The summed E-state index contributed by atoms with van der Waals surface area (Å²) in [6.45, 7) is -0.158. The van der Waals surface area contributed by atoms with Crippen molar-refractivity contribution in [3.63, 3.8) is 0 Å². The molecule has 108 valence electrons. The SMILES string of the molecule is O=C1CCN(C(c2ccccc2[N+](=O)[O-])C(F)(F)F)N1. The van der Waals surface area contributed by atoms with Gasteiger partial charge in [0.05, 0.1) is 10.5 Å². The summed E-state index contributed by atoms with van der Waals surface area (Å²) >= 11 is 0. The number of nitro benzene ring substituents is 1. The Labute approximate surface area is 111 Å². The number of nitrogens with zero attached hydrogens (tertiary/aromatic N) is 2. The molecule has 0 spiro atoms. The van der Waals surface area contributed by atoms with Crippen molar-refractivity contribution in [1.82, 2.24) is 10.4 Å². The van der Waals surface area contributed by atoms with Crippen LogP contribution in [0.15, 0.2) is 24.3 Å². The van der Waals surface area contributed by atoms with E-state index in [1.165, 1.54) is 12.1 Å². The van der Waals surface area contributed by atoms with Crippen molar-refractivity contribution in [2.45, 2.75) is 18.6 Å². The zero-order valence-electron chi connectivity index (χ0n) is 10.1. The van der Waals surface area contributed by atoms with Crippen LogP contribution in [-0.4, -0.2) is 28.6 Å². The molecule has 0 aliphatic carbocycles. The summed E-state index contributed by atoms with van der Waals surface area (Å²) < 4.78 is 39.6. The van der Waals surface area contributed by atoms with Crippen LogP contribution in [0.5, 0.6) is 0 Å². The number of benzene rings is 1. The van der Waals surface area contributed by atoms with Gasteiger partial charge in [0.15, 0.2) is 6.04 Å². The molecule has 1 saturated heterocycles. The number of amides is 1. The smallest absolute Gasteiger partial charge is 0.288 e. The summed E-state index contributed by atoms with van der Waals surface area (Å²) in [7, 11) is 0. The monoisotopic (exact) mass is 289 g/mol. The number of rotatable bonds is 3. The normalized spacial score (nSPS) is 17.9. The van der Waals surface area contributed by atoms with Gasteiger partial charge in [-0.05, 0) is 0 Å². The first-order chi connectivity index (χ1) is 9.30. The van der Waals surface area contributed by atoms with Gasteiger partial charge in [-0.1, -0.05) is 18.2 Å². The van der Waals surface area contributed by atoms with E-state index in [0.29, 0.717) is 5.01 Å². The second-order valence-electron chi connectivity index (χ2n) is 4.24. The van der Waals surface area contributed by atoms with Crippen LogP contribution < -0.4 is 5.43 Å². The second-order valence-corrected chi connectivity index (χ2v) is 4.24. The Kier molecular flexibility index (Phi) is 3.62. The molecule has 6 nitrogen and oxygen atoms in total. The van der Waals surface area contributed by atoms with E-state index in [4.69, 9.17) is 0 Å². The molecule has 1 fully saturated rings. The lowest BCUT2D eigenvalue weighted by Gasteiger charge is -2.28. The fraction of sp³-hybridized carbons (Fsp3) is 0.364. The Hall–Kier alpha value is -2.16. The third kappa shape index (κ3) is 2.72.